The predicted molar refractivity (Wildman–Crippen MR) is 95.5 cm³/mol. The molecule has 0 nitrogen and oxygen atoms in total. The van der Waals surface area contributed by atoms with Crippen molar-refractivity contribution in [1.29, 1.82) is 0 Å². The third-order valence-corrected chi connectivity index (χ3v) is 5.31. The number of hydrogen-bond donors (Lipinski definition) is 0. The largest absolute Gasteiger partial charge is 0.103 e. The molecule has 0 spiro atoms. The summed E-state index contributed by atoms with van der Waals surface area (Å²) in [7, 11) is 0. The van der Waals surface area contributed by atoms with Gasteiger partial charge in [-0.2, -0.15) is 0 Å². The highest BCUT2D eigenvalue weighted by atomic mass is 32.2. The molecule has 0 aliphatic rings. The van der Waals surface area contributed by atoms with Gasteiger partial charge in [-0.15, -0.1) is 11.8 Å². The molecule has 19 heavy (non-hydrogen) atoms. The molecule has 0 saturated carbocycles. The van der Waals surface area contributed by atoms with Gasteiger partial charge in [0.05, 0.1) is 0 Å². The fraction of sp³-hybridized carbons (Fsp3) is 0.647. The van der Waals surface area contributed by atoms with Gasteiger partial charge in [-0.25, -0.2) is 0 Å². The normalized spacial score (nSPS) is 13.4. The minimum atomic E-state index is 1.22. The van der Waals surface area contributed by atoms with Gasteiger partial charge in [0.25, 0.3) is 0 Å². The van der Waals surface area contributed by atoms with E-state index in [-0.39, 0.29) is 0 Å². The van der Waals surface area contributed by atoms with E-state index < -0.39 is 0 Å². The van der Waals surface area contributed by atoms with Crippen molar-refractivity contribution >= 4 is 23.5 Å². The van der Waals surface area contributed by atoms with E-state index in [1.165, 1.54) is 59.7 Å². The lowest BCUT2D eigenvalue weighted by Crippen LogP contribution is -1.85. The summed E-state index contributed by atoms with van der Waals surface area (Å²) < 4.78 is 0. The van der Waals surface area contributed by atoms with E-state index in [4.69, 9.17) is 0 Å². The van der Waals surface area contributed by atoms with Crippen LogP contribution in [-0.2, 0) is 0 Å². The Morgan fingerprint density at radius 1 is 1.05 bits per heavy atom. The van der Waals surface area contributed by atoms with Crippen LogP contribution < -0.4 is 0 Å². The molecule has 0 atom stereocenters. The van der Waals surface area contributed by atoms with Crippen molar-refractivity contribution in [3.05, 3.63) is 32.8 Å². The first-order valence-electron chi connectivity index (χ1n) is 7.43. The predicted octanol–water partition coefficient (Wildman–Crippen LogP) is 7.50. The minimum absolute atomic E-state index is 1.22. The smallest absolute Gasteiger partial charge is 0.00103 e. The first-order valence-corrected chi connectivity index (χ1v) is 9.13. The maximum Gasteiger partial charge on any atom is -0.00103 e. The zero-order valence-corrected chi connectivity index (χ0v) is 14.8. The third kappa shape index (κ3) is 10.4. The van der Waals surface area contributed by atoms with Crippen molar-refractivity contribution in [2.75, 3.05) is 0 Å². The van der Waals surface area contributed by atoms with Crippen molar-refractivity contribution in [3.63, 3.8) is 0 Å². The molecule has 2 heteroatoms. The minimum Gasteiger partial charge on any atom is -0.103 e. The summed E-state index contributed by atoms with van der Waals surface area (Å²) in [6.45, 7) is 12.6. The lowest BCUT2D eigenvalue weighted by atomic mass is 10.1. The number of hydrogen-bond acceptors (Lipinski definition) is 2. The molecule has 0 heterocycles. The van der Waals surface area contributed by atoms with Crippen LogP contribution in [-0.4, -0.2) is 0 Å². The molecular weight excluding hydrogens is 268 g/mol. The summed E-state index contributed by atoms with van der Waals surface area (Å²) >= 11 is 3.69. The number of thioether (sulfide) groups is 2. The van der Waals surface area contributed by atoms with Gasteiger partial charge in [0.15, 0.2) is 0 Å². The maximum absolute atomic E-state index is 3.82. The van der Waals surface area contributed by atoms with Crippen LogP contribution in [0.2, 0.25) is 0 Å². The maximum atomic E-state index is 3.82. The Morgan fingerprint density at radius 2 is 1.68 bits per heavy atom. The molecule has 110 valence electrons. The fourth-order valence-corrected chi connectivity index (χ4v) is 3.46. The van der Waals surface area contributed by atoms with E-state index in [1.807, 2.05) is 17.2 Å². The molecule has 0 fully saturated rings. The molecule has 0 rings (SSSR count). The van der Waals surface area contributed by atoms with E-state index >= 15 is 0 Å². The van der Waals surface area contributed by atoms with Gasteiger partial charge in [0.1, 0.15) is 0 Å². The second-order valence-electron chi connectivity index (χ2n) is 4.78. The molecule has 0 N–H and O–H groups in total. The molecule has 0 aliphatic heterocycles. The summed E-state index contributed by atoms with van der Waals surface area (Å²) in [5, 5.41) is 1.93. The topological polar surface area (TPSA) is 0 Å². The highest BCUT2D eigenvalue weighted by Crippen LogP contribution is 2.35. The van der Waals surface area contributed by atoms with E-state index in [0.717, 1.165) is 0 Å². The standard InChI is InChI=1S/C17H30S2/c1-6-9-10-11-12-13-14-17(16(5)18-8-3)19-15(4)7-2/h7-8H,3,6,9-14H2,1-2,4-5H3/b15-7-,17-16-. The molecule has 0 aromatic carbocycles. The van der Waals surface area contributed by atoms with Crippen molar-refractivity contribution in [1.82, 2.24) is 0 Å². The van der Waals surface area contributed by atoms with Crippen LogP contribution >= 0.6 is 23.5 Å². The second kappa shape index (κ2) is 12.9. The summed E-state index contributed by atoms with van der Waals surface area (Å²) in [5.41, 5.74) is 0. The van der Waals surface area contributed by atoms with Gasteiger partial charge in [-0.05, 0) is 53.7 Å². The van der Waals surface area contributed by atoms with Crippen LogP contribution in [0.1, 0.15) is 72.6 Å². The van der Waals surface area contributed by atoms with Crippen molar-refractivity contribution in [3.8, 4) is 0 Å². The summed E-state index contributed by atoms with van der Waals surface area (Å²) in [5.74, 6) is 0. The summed E-state index contributed by atoms with van der Waals surface area (Å²) in [6, 6.07) is 0. The van der Waals surface area contributed by atoms with Gasteiger partial charge in [0.2, 0.25) is 0 Å². The van der Waals surface area contributed by atoms with Crippen LogP contribution in [0.15, 0.2) is 32.8 Å². The van der Waals surface area contributed by atoms with Crippen molar-refractivity contribution < 1.29 is 0 Å². The summed E-state index contributed by atoms with van der Waals surface area (Å²) in [6.07, 6.45) is 11.6. The van der Waals surface area contributed by atoms with E-state index in [1.54, 1.807) is 11.8 Å². The average Bonchev–Trinajstić information content (AvgIpc) is 2.41. The number of rotatable bonds is 11. The van der Waals surface area contributed by atoms with E-state index in [9.17, 15) is 0 Å². The third-order valence-electron chi connectivity index (χ3n) is 3.10. The molecule has 0 aliphatic carbocycles. The highest BCUT2D eigenvalue weighted by Gasteiger charge is 2.05. The molecule has 0 bridgehead atoms. The van der Waals surface area contributed by atoms with Crippen LogP contribution in [0.3, 0.4) is 0 Å². The molecule has 0 aromatic rings. The van der Waals surface area contributed by atoms with E-state index in [2.05, 4.69) is 40.3 Å². The van der Waals surface area contributed by atoms with Crippen molar-refractivity contribution in [2.45, 2.75) is 72.6 Å². The second-order valence-corrected chi connectivity index (χ2v) is 7.31. The number of allylic oxidation sites excluding steroid dienone is 4. The Hall–Kier alpha value is -0.0800. The first-order chi connectivity index (χ1) is 9.15. The van der Waals surface area contributed by atoms with Crippen LogP contribution in [0.4, 0.5) is 0 Å². The van der Waals surface area contributed by atoms with Gasteiger partial charge in [-0.3, -0.25) is 0 Å². The summed E-state index contributed by atoms with van der Waals surface area (Å²) in [4.78, 5) is 4.33. The molecular formula is C17H30S2. The zero-order chi connectivity index (χ0) is 14.5. The number of unbranched alkanes of at least 4 members (excludes halogenated alkanes) is 5. The highest BCUT2D eigenvalue weighted by molar-refractivity contribution is 8.09. The Kier molecular flexibility index (Phi) is 12.9. The van der Waals surface area contributed by atoms with Gasteiger partial charge >= 0.3 is 0 Å². The van der Waals surface area contributed by atoms with Crippen molar-refractivity contribution in [2.24, 2.45) is 0 Å². The monoisotopic (exact) mass is 298 g/mol. The van der Waals surface area contributed by atoms with Gasteiger partial charge in [0, 0.05) is 0 Å². The average molecular weight is 299 g/mol. The molecule has 0 saturated heterocycles. The molecule has 0 amide bonds. The van der Waals surface area contributed by atoms with E-state index in [0.29, 0.717) is 0 Å². The molecule has 0 radical (unpaired) electrons. The van der Waals surface area contributed by atoms with Gasteiger partial charge in [-0.1, -0.05) is 63.4 Å². The first kappa shape index (κ1) is 18.9. The molecule has 0 aromatic heterocycles. The Balaban J connectivity index is 4.20. The Labute approximate surface area is 129 Å². The fourth-order valence-electron chi connectivity index (χ4n) is 1.81. The van der Waals surface area contributed by atoms with Crippen LogP contribution in [0.25, 0.3) is 0 Å². The van der Waals surface area contributed by atoms with Gasteiger partial charge < -0.3 is 0 Å². The Morgan fingerprint density at radius 3 is 2.26 bits per heavy atom. The quantitative estimate of drug-likeness (QED) is 0.362. The Bertz CT molecular complexity index is 300. The lowest BCUT2D eigenvalue weighted by Gasteiger charge is -2.11. The van der Waals surface area contributed by atoms with Crippen LogP contribution in [0, 0.1) is 0 Å². The molecule has 0 unspecified atom stereocenters. The zero-order valence-electron chi connectivity index (χ0n) is 13.1. The SMILES string of the molecule is C=CS/C(C)=C(/CCCCCCCC)S/C(C)=C\C. The lowest BCUT2D eigenvalue weighted by molar-refractivity contribution is 0.610. The van der Waals surface area contributed by atoms with Crippen LogP contribution in [0.5, 0.6) is 0 Å².